The van der Waals surface area contributed by atoms with Gasteiger partial charge in [-0.15, -0.1) is 0 Å². The summed E-state index contributed by atoms with van der Waals surface area (Å²) in [5, 5.41) is 0. The van der Waals surface area contributed by atoms with Crippen LogP contribution in [0.25, 0.3) is 0 Å². The Labute approximate surface area is 107 Å². The van der Waals surface area contributed by atoms with Gasteiger partial charge in [0.1, 0.15) is 6.42 Å². The number of esters is 2. The van der Waals surface area contributed by atoms with Gasteiger partial charge >= 0.3 is 11.9 Å². The summed E-state index contributed by atoms with van der Waals surface area (Å²) in [5.74, 6) is -0.579. The van der Waals surface area contributed by atoms with E-state index in [2.05, 4.69) is 13.8 Å². The molecule has 1 saturated heterocycles. The van der Waals surface area contributed by atoms with Gasteiger partial charge in [-0.3, -0.25) is 9.59 Å². The lowest BCUT2D eigenvalue weighted by atomic mass is 9.74. The number of allylic oxidation sites excluding steroid dienone is 3. The Balaban J connectivity index is 2.23. The summed E-state index contributed by atoms with van der Waals surface area (Å²) in [6.45, 7) is 4.20. The van der Waals surface area contributed by atoms with Crippen molar-refractivity contribution in [1.29, 1.82) is 0 Å². The molecule has 1 fully saturated rings. The quantitative estimate of drug-likeness (QED) is 0.570. The minimum atomic E-state index is -0.796. The fourth-order valence-corrected chi connectivity index (χ4v) is 2.56. The van der Waals surface area contributed by atoms with Crippen LogP contribution in [0.2, 0.25) is 0 Å². The van der Waals surface area contributed by atoms with Crippen LogP contribution in [0.5, 0.6) is 0 Å². The van der Waals surface area contributed by atoms with Crippen molar-refractivity contribution in [3.05, 3.63) is 24.3 Å². The molecule has 4 nitrogen and oxygen atoms in total. The number of cyclic esters (lactones) is 2. The number of rotatable bonds is 3. The minimum absolute atomic E-state index is 0.284. The topological polar surface area (TPSA) is 52.6 Å². The van der Waals surface area contributed by atoms with E-state index >= 15 is 0 Å². The molecule has 0 spiro atoms. The van der Waals surface area contributed by atoms with Gasteiger partial charge in [0, 0.05) is 0 Å². The van der Waals surface area contributed by atoms with Gasteiger partial charge in [-0.2, -0.15) is 0 Å². The Kier molecular flexibility index (Phi) is 3.55. The van der Waals surface area contributed by atoms with Gasteiger partial charge in [0.15, 0.2) is 0 Å². The van der Waals surface area contributed by atoms with Crippen LogP contribution in [0.3, 0.4) is 0 Å². The Hall–Kier alpha value is -1.58. The van der Waals surface area contributed by atoms with E-state index in [0.717, 1.165) is 6.42 Å². The molecule has 1 heterocycles. The molecule has 1 aliphatic heterocycles. The van der Waals surface area contributed by atoms with Crippen LogP contribution in [0.15, 0.2) is 24.3 Å². The first kappa shape index (κ1) is 12.9. The lowest BCUT2D eigenvalue weighted by Gasteiger charge is -2.40. The maximum atomic E-state index is 11.4. The van der Waals surface area contributed by atoms with Crippen molar-refractivity contribution < 1.29 is 19.1 Å². The monoisotopic (exact) mass is 250 g/mol. The van der Waals surface area contributed by atoms with Gasteiger partial charge in [-0.25, -0.2) is 0 Å². The maximum absolute atomic E-state index is 11.4. The van der Waals surface area contributed by atoms with E-state index in [9.17, 15) is 9.59 Å². The fraction of sp³-hybridized carbons (Fsp3) is 0.571. The largest absolute Gasteiger partial charge is 0.424 e. The summed E-state index contributed by atoms with van der Waals surface area (Å²) in [6, 6.07) is 0. The van der Waals surface area contributed by atoms with Crippen molar-refractivity contribution in [2.45, 2.75) is 39.4 Å². The Morgan fingerprint density at radius 3 is 2.44 bits per heavy atom. The van der Waals surface area contributed by atoms with Gasteiger partial charge in [-0.1, -0.05) is 38.2 Å². The zero-order valence-corrected chi connectivity index (χ0v) is 10.7. The molecule has 98 valence electrons. The first-order valence-corrected chi connectivity index (χ1v) is 6.25. The van der Waals surface area contributed by atoms with Gasteiger partial charge in [0.2, 0.25) is 0 Å². The summed E-state index contributed by atoms with van der Waals surface area (Å²) in [5.41, 5.74) is -0.422. The molecule has 0 aromatic carbocycles. The number of ether oxygens (including phenoxy) is 2. The van der Waals surface area contributed by atoms with Gasteiger partial charge in [0.25, 0.3) is 6.29 Å². The van der Waals surface area contributed by atoms with Crippen LogP contribution in [0, 0.1) is 11.3 Å². The number of carbonyl (C=O) groups excluding carboxylic acids is 2. The molecule has 0 aromatic rings. The molecule has 1 unspecified atom stereocenters. The molecule has 18 heavy (non-hydrogen) atoms. The second kappa shape index (κ2) is 4.96. The van der Waals surface area contributed by atoms with Crippen molar-refractivity contribution in [3.8, 4) is 0 Å². The fourth-order valence-electron chi connectivity index (χ4n) is 2.56. The predicted octanol–water partition coefficient (Wildman–Crippen LogP) is 2.35. The lowest BCUT2D eigenvalue weighted by Crippen LogP contribution is -2.45. The standard InChI is InChI=1S/C14H18O4/c1-10(2)9-14(6-4-3-5-7-14)13-17-11(15)8-12(16)18-13/h3-6,10,13H,7-9H2,1-2H3. The number of hydrogen-bond acceptors (Lipinski definition) is 4. The summed E-state index contributed by atoms with van der Waals surface area (Å²) in [4.78, 5) is 22.8. The Bertz CT molecular complexity index is 392. The van der Waals surface area contributed by atoms with Gasteiger partial charge in [-0.05, 0) is 18.8 Å². The van der Waals surface area contributed by atoms with Crippen molar-refractivity contribution >= 4 is 11.9 Å². The highest BCUT2D eigenvalue weighted by Gasteiger charge is 2.45. The van der Waals surface area contributed by atoms with E-state index in [1.807, 2.05) is 24.3 Å². The van der Waals surface area contributed by atoms with E-state index in [4.69, 9.17) is 9.47 Å². The molecule has 1 atom stereocenters. The van der Waals surface area contributed by atoms with Crippen molar-refractivity contribution in [2.24, 2.45) is 11.3 Å². The van der Waals surface area contributed by atoms with E-state index in [0.29, 0.717) is 12.3 Å². The van der Waals surface area contributed by atoms with Crippen molar-refractivity contribution in [3.63, 3.8) is 0 Å². The molecule has 2 rings (SSSR count). The number of carbonyl (C=O) groups is 2. The van der Waals surface area contributed by atoms with Gasteiger partial charge in [0.05, 0.1) is 5.41 Å². The summed E-state index contributed by atoms with van der Waals surface area (Å²) in [7, 11) is 0. The van der Waals surface area contributed by atoms with Crippen LogP contribution in [-0.2, 0) is 19.1 Å². The molecule has 1 aliphatic carbocycles. The lowest BCUT2D eigenvalue weighted by molar-refractivity contribution is -0.223. The first-order chi connectivity index (χ1) is 8.52. The van der Waals surface area contributed by atoms with E-state index < -0.39 is 23.6 Å². The zero-order chi connectivity index (χ0) is 13.2. The highest BCUT2D eigenvalue weighted by molar-refractivity contribution is 5.92. The van der Waals surface area contributed by atoms with Crippen LogP contribution in [-0.4, -0.2) is 18.2 Å². The van der Waals surface area contributed by atoms with Crippen molar-refractivity contribution in [1.82, 2.24) is 0 Å². The third-order valence-electron chi connectivity index (χ3n) is 3.20. The molecular weight excluding hydrogens is 232 g/mol. The summed E-state index contributed by atoms with van der Waals surface area (Å²) >= 11 is 0. The number of hydrogen-bond donors (Lipinski definition) is 0. The first-order valence-electron chi connectivity index (χ1n) is 6.25. The molecule has 0 aromatic heterocycles. The zero-order valence-electron chi connectivity index (χ0n) is 10.7. The normalized spacial score (nSPS) is 28.4. The molecule has 0 saturated carbocycles. The molecular formula is C14H18O4. The SMILES string of the molecule is CC(C)CC1(C2OC(=O)CC(=O)O2)C=CC=CC1. The maximum Gasteiger partial charge on any atom is 0.320 e. The van der Waals surface area contributed by atoms with E-state index in [-0.39, 0.29) is 6.42 Å². The molecule has 0 bridgehead atoms. The minimum Gasteiger partial charge on any atom is -0.424 e. The third kappa shape index (κ3) is 2.63. The third-order valence-corrected chi connectivity index (χ3v) is 3.20. The van der Waals surface area contributed by atoms with Crippen LogP contribution < -0.4 is 0 Å². The summed E-state index contributed by atoms with van der Waals surface area (Å²) < 4.78 is 10.5. The second-order valence-electron chi connectivity index (χ2n) is 5.31. The Morgan fingerprint density at radius 1 is 1.28 bits per heavy atom. The molecule has 2 aliphatic rings. The highest BCUT2D eigenvalue weighted by atomic mass is 16.7. The smallest absolute Gasteiger partial charge is 0.320 e. The average molecular weight is 250 g/mol. The highest BCUT2D eigenvalue weighted by Crippen LogP contribution is 2.41. The predicted molar refractivity (Wildman–Crippen MR) is 65.4 cm³/mol. The summed E-state index contributed by atoms with van der Waals surface area (Å²) in [6.07, 6.45) is 8.31. The molecule has 0 radical (unpaired) electrons. The van der Waals surface area contributed by atoms with Crippen LogP contribution >= 0.6 is 0 Å². The molecule has 0 N–H and O–H groups in total. The van der Waals surface area contributed by atoms with E-state index in [1.165, 1.54) is 0 Å². The van der Waals surface area contributed by atoms with Crippen LogP contribution in [0.1, 0.15) is 33.1 Å². The molecule has 0 amide bonds. The van der Waals surface area contributed by atoms with Crippen LogP contribution in [0.4, 0.5) is 0 Å². The average Bonchev–Trinajstić information content (AvgIpc) is 2.28. The molecule has 4 heteroatoms. The van der Waals surface area contributed by atoms with Gasteiger partial charge < -0.3 is 9.47 Å². The Morgan fingerprint density at radius 2 is 1.94 bits per heavy atom. The van der Waals surface area contributed by atoms with E-state index in [1.54, 1.807) is 0 Å². The van der Waals surface area contributed by atoms with Crippen molar-refractivity contribution in [2.75, 3.05) is 0 Å². The second-order valence-corrected chi connectivity index (χ2v) is 5.31.